The van der Waals surface area contributed by atoms with Gasteiger partial charge in [-0.1, -0.05) is 143 Å². The summed E-state index contributed by atoms with van der Waals surface area (Å²) in [5.41, 5.74) is 0.383. The van der Waals surface area contributed by atoms with E-state index in [0.717, 1.165) is 0 Å². The van der Waals surface area contributed by atoms with Crippen LogP contribution in [0, 0.1) is 0 Å². The Morgan fingerprint density at radius 1 is 0.387 bits per heavy atom. The SMILES string of the molecule is CCCCCCCCCN(CCCCCCCCC)C(C)(C)CCCCCCCCC. The second kappa shape index (κ2) is 23.1. The first-order valence-corrected chi connectivity index (χ1v) is 14.8. The molecule has 0 aliphatic carbocycles. The summed E-state index contributed by atoms with van der Waals surface area (Å²) in [6.07, 6.45) is 31.3. The molecular weight excluding hydrogens is 374 g/mol. The molecule has 0 aromatic heterocycles. The first kappa shape index (κ1) is 31.0. The fraction of sp³-hybridized carbons (Fsp3) is 1.00. The van der Waals surface area contributed by atoms with Gasteiger partial charge in [-0.2, -0.15) is 0 Å². The molecule has 0 bridgehead atoms. The highest BCUT2D eigenvalue weighted by molar-refractivity contribution is 4.81. The maximum Gasteiger partial charge on any atom is 0.0153 e. The average molecular weight is 438 g/mol. The van der Waals surface area contributed by atoms with Crippen molar-refractivity contribution in [2.45, 2.75) is 181 Å². The molecule has 0 fully saturated rings. The van der Waals surface area contributed by atoms with Crippen molar-refractivity contribution in [1.29, 1.82) is 0 Å². The molecule has 188 valence electrons. The van der Waals surface area contributed by atoms with Crippen molar-refractivity contribution in [1.82, 2.24) is 4.90 Å². The van der Waals surface area contributed by atoms with Gasteiger partial charge in [-0.3, -0.25) is 4.90 Å². The van der Waals surface area contributed by atoms with Crippen LogP contribution >= 0.6 is 0 Å². The van der Waals surface area contributed by atoms with E-state index in [2.05, 4.69) is 39.5 Å². The highest BCUT2D eigenvalue weighted by Crippen LogP contribution is 2.25. The van der Waals surface area contributed by atoms with Gasteiger partial charge in [0.2, 0.25) is 0 Å². The van der Waals surface area contributed by atoms with Gasteiger partial charge in [0.1, 0.15) is 0 Å². The molecule has 0 N–H and O–H groups in total. The van der Waals surface area contributed by atoms with Gasteiger partial charge in [-0.25, -0.2) is 0 Å². The van der Waals surface area contributed by atoms with E-state index in [-0.39, 0.29) is 0 Å². The summed E-state index contributed by atoms with van der Waals surface area (Å²) in [6, 6.07) is 0. The van der Waals surface area contributed by atoms with Crippen LogP contribution in [0.5, 0.6) is 0 Å². The van der Waals surface area contributed by atoms with Gasteiger partial charge in [0.15, 0.2) is 0 Å². The topological polar surface area (TPSA) is 3.24 Å². The lowest BCUT2D eigenvalue weighted by Gasteiger charge is -2.39. The van der Waals surface area contributed by atoms with Crippen LogP contribution in [-0.2, 0) is 0 Å². The van der Waals surface area contributed by atoms with E-state index in [1.165, 1.54) is 154 Å². The molecule has 0 spiro atoms. The van der Waals surface area contributed by atoms with Crippen molar-refractivity contribution in [3.63, 3.8) is 0 Å². The largest absolute Gasteiger partial charge is 0.298 e. The molecule has 0 heterocycles. The zero-order chi connectivity index (χ0) is 23.0. The molecule has 0 unspecified atom stereocenters. The number of nitrogens with zero attached hydrogens (tertiary/aromatic N) is 1. The minimum Gasteiger partial charge on any atom is -0.298 e. The summed E-state index contributed by atoms with van der Waals surface area (Å²) in [6.45, 7) is 14.7. The Balaban J connectivity index is 4.24. The fourth-order valence-corrected chi connectivity index (χ4v) is 4.91. The van der Waals surface area contributed by atoms with Crippen LogP contribution in [0.15, 0.2) is 0 Å². The molecule has 1 nitrogen and oxygen atoms in total. The number of unbranched alkanes of at least 4 members (excludes halogenated alkanes) is 18. The van der Waals surface area contributed by atoms with Gasteiger partial charge in [-0.05, 0) is 46.2 Å². The Kier molecular flexibility index (Phi) is 23.1. The van der Waals surface area contributed by atoms with Crippen molar-refractivity contribution in [3.8, 4) is 0 Å². The summed E-state index contributed by atoms with van der Waals surface area (Å²) in [4.78, 5) is 2.88. The summed E-state index contributed by atoms with van der Waals surface area (Å²) in [5.74, 6) is 0. The minimum atomic E-state index is 0.383. The Bertz CT molecular complexity index is 317. The highest BCUT2D eigenvalue weighted by Gasteiger charge is 2.25. The van der Waals surface area contributed by atoms with Gasteiger partial charge in [0.05, 0.1) is 0 Å². The van der Waals surface area contributed by atoms with E-state index in [1.54, 1.807) is 0 Å². The zero-order valence-corrected chi connectivity index (χ0v) is 22.9. The van der Waals surface area contributed by atoms with Crippen LogP contribution in [-0.4, -0.2) is 23.5 Å². The fourth-order valence-electron chi connectivity index (χ4n) is 4.91. The first-order valence-electron chi connectivity index (χ1n) is 14.8. The van der Waals surface area contributed by atoms with E-state index in [9.17, 15) is 0 Å². The van der Waals surface area contributed by atoms with E-state index in [1.807, 2.05) is 0 Å². The first-order chi connectivity index (χ1) is 15.1. The molecule has 0 atom stereocenters. The molecule has 0 aromatic carbocycles. The minimum absolute atomic E-state index is 0.383. The van der Waals surface area contributed by atoms with E-state index >= 15 is 0 Å². The molecule has 0 radical (unpaired) electrons. The van der Waals surface area contributed by atoms with Gasteiger partial charge >= 0.3 is 0 Å². The third kappa shape index (κ3) is 20.3. The molecule has 0 aliphatic heterocycles. The van der Waals surface area contributed by atoms with Crippen molar-refractivity contribution < 1.29 is 0 Å². The molecule has 0 aromatic rings. The van der Waals surface area contributed by atoms with Crippen LogP contribution in [0.1, 0.15) is 176 Å². The average Bonchev–Trinajstić information content (AvgIpc) is 2.75. The lowest BCUT2D eigenvalue weighted by Crippen LogP contribution is -2.45. The van der Waals surface area contributed by atoms with Crippen molar-refractivity contribution in [2.24, 2.45) is 0 Å². The third-order valence-electron chi connectivity index (χ3n) is 7.31. The molecule has 1 heteroatoms. The predicted octanol–water partition coefficient (Wildman–Crippen LogP) is 10.7. The second-order valence-corrected chi connectivity index (χ2v) is 10.9. The van der Waals surface area contributed by atoms with Crippen molar-refractivity contribution in [3.05, 3.63) is 0 Å². The smallest absolute Gasteiger partial charge is 0.0153 e. The van der Waals surface area contributed by atoms with Gasteiger partial charge in [0, 0.05) is 5.54 Å². The maximum absolute atomic E-state index is 2.88. The highest BCUT2D eigenvalue weighted by atomic mass is 15.2. The predicted molar refractivity (Wildman–Crippen MR) is 144 cm³/mol. The molecule has 31 heavy (non-hydrogen) atoms. The molecule has 0 amide bonds. The quantitative estimate of drug-likeness (QED) is 0.128. The van der Waals surface area contributed by atoms with E-state index in [0.29, 0.717) is 5.54 Å². The summed E-state index contributed by atoms with van der Waals surface area (Å²) in [5, 5.41) is 0. The normalized spacial score (nSPS) is 12.2. The molecule has 0 saturated heterocycles. The Labute approximate surface area is 199 Å². The maximum atomic E-state index is 2.88. The van der Waals surface area contributed by atoms with Crippen LogP contribution in [0.3, 0.4) is 0 Å². The van der Waals surface area contributed by atoms with Gasteiger partial charge in [0.25, 0.3) is 0 Å². The molecule has 0 aliphatic rings. The van der Waals surface area contributed by atoms with Crippen LogP contribution in [0.4, 0.5) is 0 Å². The lowest BCUT2D eigenvalue weighted by molar-refractivity contribution is 0.102. The summed E-state index contributed by atoms with van der Waals surface area (Å²) in [7, 11) is 0. The summed E-state index contributed by atoms with van der Waals surface area (Å²) < 4.78 is 0. The molecular formula is C30H63N. The van der Waals surface area contributed by atoms with Crippen molar-refractivity contribution in [2.75, 3.05) is 13.1 Å². The van der Waals surface area contributed by atoms with Crippen LogP contribution < -0.4 is 0 Å². The number of rotatable bonds is 25. The second-order valence-electron chi connectivity index (χ2n) is 10.9. The van der Waals surface area contributed by atoms with E-state index in [4.69, 9.17) is 0 Å². The third-order valence-corrected chi connectivity index (χ3v) is 7.31. The molecule has 0 saturated carbocycles. The van der Waals surface area contributed by atoms with Gasteiger partial charge in [-0.15, -0.1) is 0 Å². The lowest BCUT2D eigenvalue weighted by atomic mass is 9.93. The number of hydrogen-bond acceptors (Lipinski definition) is 1. The number of hydrogen-bond donors (Lipinski definition) is 0. The zero-order valence-electron chi connectivity index (χ0n) is 22.9. The van der Waals surface area contributed by atoms with Crippen molar-refractivity contribution >= 4 is 0 Å². The van der Waals surface area contributed by atoms with Gasteiger partial charge < -0.3 is 0 Å². The van der Waals surface area contributed by atoms with Crippen LogP contribution in [0.25, 0.3) is 0 Å². The Morgan fingerprint density at radius 2 is 0.677 bits per heavy atom. The Morgan fingerprint density at radius 3 is 1.03 bits per heavy atom. The summed E-state index contributed by atoms with van der Waals surface area (Å²) >= 11 is 0. The Hall–Kier alpha value is -0.0400. The van der Waals surface area contributed by atoms with E-state index < -0.39 is 0 Å². The monoisotopic (exact) mass is 437 g/mol. The standard InChI is InChI=1S/C30H63N/c1-6-9-12-15-18-21-24-27-30(4,5)31(28-25-22-19-16-13-10-7-2)29-26-23-20-17-14-11-8-3/h6-29H2,1-5H3. The molecule has 0 rings (SSSR count). The van der Waals surface area contributed by atoms with Crippen LogP contribution in [0.2, 0.25) is 0 Å².